The second-order valence-corrected chi connectivity index (χ2v) is 6.55. The Morgan fingerprint density at radius 1 is 1.29 bits per heavy atom. The van der Waals surface area contributed by atoms with E-state index in [9.17, 15) is 4.79 Å². The molecule has 1 aliphatic rings. The molecule has 0 saturated carbocycles. The molecule has 3 N–H and O–H groups in total. The number of hydrogen-bond donors (Lipinski definition) is 2. The minimum Gasteiger partial charge on any atom is -0.379 e. The molecule has 1 aliphatic heterocycles. The second kappa shape index (κ2) is 7.00. The molecule has 0 bridgehead atoms. The second-order valence-electron chi connectivity index (χ2n) is 6.55. The lowest BCUT2D eigenvalue weighted by Crippen LogP contribution is -2.41. The number of nitrogens with one attached hydrogen (secondary N) is 1. The predicted molar refractivity (Wildman–Crippen MR) is 94.3 cm³/mol. The number of likely N-dealkylation sites (N-methyl/N-ethyl adjacent to an activating group) is 2. The summed E-state index contributed by atoms with van der Waals surface area (Å²) in [4.78, 5) is 20.6. The van der Waals surface area contributed by atoms with E-state index in [1.165, 1.54) is 0 Å². The number of carbonyl (C=O) groups excluding carboxylic acids is 1. The molecular weight excluding hydrogens is 306 g/mol. The lowest BCUT2D eigenvalue weighted by Gasteiger charge is -2.22. The van der Waals surface area contributed by atoms with Gasteiger partial charge in [0.2, 0.25) is 5.60 Å². The van der Waals surface area contributed by atoms with Crippen molar-refractivity contribution in [3.63, 3.8) is 0 Å². The zero-order valence-corrected chi connectivity index (χ0v) is 14.7. The van der Waals surface area contributed by atoms with E-state index in [2.05, 4.69) is 10.1 Å². The third-order valence-corrected chi connectivity index (χ3v) is 4.14. The van der Waals surface area contributed by atoms with Crippen molar-refractivity contribution >= 4 is 17.5 Å². The highest BCUT2D eigenvalue weighted by Gasteiger charge is 2.40. The maximum atomic E-state index is 11.4. The fourth-order valence-corrected chi connectivity index (χ4v) is 2.33. The maximum Gasteiger partial charge on any atom is 0.264 e. The van der Waals surface area contributed by atoms with E-state index in [0.717, 1.165) is 24.2 Å². The molecular formula is C17H25N5O2. The number of nitrogens with two attached hydrogens (primary N) is 1. The average Bonchev–Trinajstić information content (AvgIpc) is 2.96. The van der Waals surface area contributed by atoms with E-state index in [1.54, 1.807) is 6.92 Å². The van der Waals surface area contributed by atoms with Gasteiger partial charge in [-0.3, -0.25) is 10.2 Å². The van der Waals surface area contributed by atoms with Crippen LogP contribution in [0.5, 0.6) is 0 Å². The number of primary amides is 1. The highest BCUT2D eigenvalue weighted by atomic mass is 16.7. The van der Waals surface area contributed by atoms with Crippen LogP contribution in [0.4, 0.5) is 0 Å². The van der Waals surface area contributed by atoms with Crippen LogP contribution in [0.3, 0.4) is 0 Å². The quantitative estimate of drug-likeness (QED) is 0.597. The van der Waals surface area contributed by atoms with E-state index in [4.69, 9.17) is 16.0 Å². The van der Waals surface area contributed by atoms with Crippen LogP contribution in [0.15, 0.2) is 29.4 Å². The normalized spacial score (nSPS) is 19.8. The lowest BCUT2D eigenvalue weighted by molar-refractivity contribution is -0.138. The summed E-state index contributed by atoms with van der Waals surface area (Å²) in [5.74, 6) is -0.0582. The van der Waals surface area contributed by atoms with Crippen LogP contribution in [-0.4, -0.2) is 67.1 Å². The Morgan fingerprint density at radius 3 is 2.42 bits per heavy atom. The topological polar surface area (TPSA) is 95.0 Å². The van der Waals surface area contributed by atoms with Crippen molar-refractivity contribution in [2.45, 2.75) is 18.9 Å². The molecule has 1 atom stereocenters. The summed E-state index contributed by atoms with van der Waals surface area (Å²) in [6, 6.07) is 7.54. The van der Waals surface area contributed by atoms with Crippen LogP contribution in [0, 0.1) is 5.41 Å². The fourth-order valence-electron chi connectivity index (χ4n) is 2.33. The number of oxime groups is 1. The summed E-state index contributed by atoms with van der Waals surface area (Å²) in [6.45, 7) is 3.30. The predicted octanol–water partition coefficient (Wildman–Crippen LogP) is 0.874. The van der Waals surface area contributed by atoms with Crippen molar-refractivity contribution < 1.29 is 9.63 Å². The van der Waals surface area contributed by atoms with E-state index in [0.29, 0.717) is 18.0 Å². The zero-order chi connectivity index (χ0) is 17.9. The third-order valence-electron chi connectivity index (χ3n) is 4.14. The highest BCUT2D eigenvalue weighted by molar-refractivity contribution is 6.06. The van der Waals surface area contributed by atoms with Crippen LogP contribution in [-0.2, 0) is 9.63 Å². The molecule has 0 fully saturated rings. The molecule has 0 aliphatic carbocycles. The summed E-state index contributed by atoms with van der Waals surface area (Å²) in [5.41, 5.74) is 6.66. The minimum absolute atomic E-state index is 0.349. The number of amides is 1. The van der Waals surface area contributed by atoms with Gasteiger partial charge in [0.1, 0.15) is 5.84 Å². The van der Waals surface area contributed by atoms with Crippen molar-refractivity contribution in [3.8, 4) is 0 Å². The number of rotatable bonds is 6. The van der Waals surface area contributed by atoms with E-state index in [-0.39, 0.29) is 0 Å². The molecule has 0 aromatic heterocycles. The first kappa shape index (κ1) is 17.9. The molecule has 0 spiro atoms. The van der Waals surface area contributed by atoms with Crippen LogP contribution in [0.25, 0.3) is 0 Å². The van der Waals surface area contributed by atoms with Crippen LogP contribution in [0.2, 0.25) is 0 Å². The molecule has 24 heavy (non-hydrogen) atoms. The van der Waals surface area contributed by atoms with Gasteiger partial charge in [-0.05, 0) is 26.6 Å². The molecule has 1 heterocycles. The maximum absolute atomic E-state index is 11.4. The smallest absolute Gasteiger partial charge is 0.264 e. The molecule has 1 aromatic carbocycles. The number of hydrogen-bond acceptors (Lipinski definition) is 5. The van der Waals surface area contributed by atoms with Gasteiger partial charge in [0.25, 0.3) is 5.91 Å². The molecule has 7 nitrogen and oxygen atoms in total. The van der Waals surface area contributed by atoms with E-state index in [1.807, 2.05) is 50.3 Å². The summed E-state index contributed by atoms with van der Waals surface area (Å²) >= 11 is 0. The molecule has 0 saturated heterocycles. The molecule has 130 valence electrons. The Balaban J connectivity index is 2.04. The summed E-state index contributed by atoms with van der Waals surface area (Å²) in [5, 5.41) is 12.3. The van der Waals surface area contributed by atoms with Gasteiger partial charge < -0.3 is 20.4 Å². The average molecular weight is 331 g/mol. The molecule has 1 unspecified atom stereocenters. The van der Waals surface area contributed by atoms with E-state index < -0.39 is 11.5 Å². The van der Waals surface area contributed by atoms with Crippen molar-refractivity contribution in [1.82, 2.24) is 9.80 Å². The standard InChI is InChI=1S/C17H25N5O2/c1-17(16(19)23)11-14(20-24-17)12-5-7-13(8-6-12)15(18)22(4)10-9-21(2)3/h5-8,18H,9-11H2,1-4H3,(H2,19,23). The van der Waals surface area contributed by atoms with Crippen molar-refractivity contribution in [3.05, 3.63) is 35.4 Å². The number of benzene rings is 1. The first-order valence-corrected chi connectivity index (χ1v) is 7.83. The van der Waals surface area contributed by atoms with Gasteiger partial charge in [-0.15, -0.1) is 0 Å². The Kier molecular flexibility index (Phi) is 5.23. The number of carbonyl (C=O) groups is 1. The van der Waals surface area contributed by atoms with Crippen LogP contribution >= 0.6 is 0 Å². The van der Waals surface area contributed by atoms with Crippen molar-refractivity contribution in [2.75, 3.05) is 34.2 Å². The van der Waals surface area contributed by atoms with Gasteiger partial charge in [0.15, 0.2) is 0 Å². The molecule has 2 rings (SSSR count). The van der Waals surface area contributed by atoms with Crippen LogP contribution in [0.1, 0.15) is 24.5 Å². The van der Waals surface area contributed by atoms with Gasteiger partial charge >= 0.3 is 0 Å². The monoisotopic (exact) mass is 331 g/mol. The number of nitrogens with zero attached hydrogens (tertiary/aromatic N) is 3. The minimum atomic E-state index is -1.08. The number of amidine groups is 1. The first-order valence-electron chi connectivity index (χ1n) is 7.83. The summed E-state index contributed by atoms with van der Waals surface area (Å²) in [6.07, 6.45) is 0.349. The summed E-state index contributed by atoms with van der Waals surface area (Å²) < 4.78 is 0. The zero-order valence-electron chi connectivity index (χ0n) is 14.7. The Bertz CT molecular complexity index is 653. The fraction of sp³-hybridized carbons (Fsp3) is 0.471. The molecule has 0 radical (unpaired) electrons. The van der Waals surface area contributed by atoms with Gasteiger partial charge in [0, 0.05) is 32.1 Å². The third kappa shape index (κ3) is 3.91. The highest BCUT2D eigenvalue weighted by Crippen LogP contribution is 2.26. The Morgan fingerprint density at radius 2 is 1.92 bits per heavy atom. The van der Waals surface area contributed by atoms with Gasteiger partial charge in [-0.25, -0.2) is 0 Å². The van der Waals surface area contributed by atoms with Crippen molar-refractivity contribution in [2.24, 2.45) is 10.9 Å². The molecule has 1 amide bonds. The SMILES string of the molecule is CN(C)CCN(C)C(=N)c1ccc(C2=NOC(C)(C(N)=O)C2)cc1. The Hall–Kier alpha value is -2.41. The molecule has 1 aromatic rings. The summed E-state index contributed by atoms with van der Waals surface area (Å²) in [7, 11) is 5.93. The Labute approximate surface area is 142 Å². The van der Waals surface area contributed by atoms with Gasteiger partial charge in [-0.1, -0.05) is 29.4 Å². The lowest BCUT2D eigenvalue weighted by atomic mass is 9.95. The molecule has 7 heteroatoms. The van der Waals surface area contributed by atoms with E-state index >= 15 is 0 Å². The largest absolute Gasteiger partial charge is 0.379 e. The van der Waals surface area contributed by atoms with Crippen LogP contribution < -0.4 is 5.73 Å². The van der Waals surface area contributed by atoms with Gasteiger partial charge in [-0.2, -0.15) is 0 Å². The van der Waals surface area contributed by atoms with Crippen molar-refractivity contribution in [1.29, 1.82) is 5.41 Å². The van der Waals surface area contributed by atoms with Gasteiger partial charge in [0.05, 0.1) is 5.71 Å². The first-order chi connectivity index (χ1) is 11.2.